The molecule has 2 aromatic heterocycles. The summed E-state index contributed by atoms with van der Waals surface area (Å²) in [4.78, 5) is 6.65. The minimum atomic E-state index is 0.585. The Morgan fingerprint density at radius 3 is 2.91 bits per heavy atom. The van der Waals surface area contributed by atoms with Crippen LogP contribution in [0.15, 0.2) is 24.5 Å². The number of nitrogens with two attached hydrogens (primary N) is 1. The Kier molecular flexibility index (Phi) is 4.55. The number of hydrogen-bond acceptors (Lipinski definition) is 6. The van der Waals surface area contributed by atoms with Crippen molar-refractivity contribution < 1.29 is 9.47 Å². The van der Waals surface area contributed by atoms with Gasteiger partial charge in [-0.25, -0.2) is 4.98 Å². The van der Waals surface area contributed by atoms with E-state index in [-0.39, 0.29) is 0 Å². The van der Waals surface area contributed by atoms with E-state index in [4.69, 9.17) is 15.2 Å². The number of anilines is 1. The molecule has 0 aliphatic carbocycles. The number of rotatable bonds is 5. The standard InChI is InChI=1S/C15H21N5O2/c1-19-14(2-3-18-19)13-10-12(16)11-17-15(13)22-9-6-20-4-7-21-8-5-20/h2-3,10-11H,4-9,16H2,1H3. The second-order valence-corrected chi connectivity index (χ2v) is 5.26. The molecule has 0 atom stereocenters. The fraction of sp³-hybridized carbons (Fsp3) is 0.467. The molecule has 7 heteroatoms. The van der Waals surface area contributed by atoms with E-state index in [1.54, 1.807) is 17.1 Å². The van der Waals surface area contributed by atoms with Crippen molar-refractivity contribution in [2.75, 3.05) is 45.2 Å². The Hall–Kier alpha value is -2.12. The predicted octanol–water partition coefficient (Wildman–Crippen LogP) is 0.775. The zero-order valence-corrected chi connectivity index (χ0v) is 12.7. The summed E-state index contributed by atoms with van der Waals surface area (Å²) in [5.74, 6) is 0.589. The number of pyridine rings is 1. The lowest BCUT2D eigenvalue weighted by atomic mass is 10.2. The van der Waals surface area contributed by atoms with Crippen LogP contribution in [0, 0.1) is 0 Å². The summed E-state index contributed by atoms with van der Waals surface area (Å²) in [5.41, 5.74) is 8.26. The summed E-state index contributed by atoms with van der Waals surface area (Å²) in [5, 5.41) is 4.19. The first-order valence-corrected chi connectivity index (χ1v) is 7.41. The number of hydrogen-bond donors (Lipinski definition) is 1. The Morgan fingerprint density at radius 1 is 1.36 bits per heavy atom. The van der Waals surface area contributed by atoms with Crippen molar-refractivity contribution in [3.8, 4) is 17.1 Å². The summed E-state index contributed by atoms with van der Waals surface area (Å²) in [6, 6.07) is 3.79. The van der Waals surface area contributed by atoms with E-state index in [0.29, 0.717) is 18.2 Å². The van der Waals surface area contributed by atoms with Gasteiger partial charge >= 0.3 is 0 Å². The van der Waals surface area contributed by atoms with E-state index >= 15 is 0 Å². The Labute approximate surface area is 129 Å². The van der Waals surface area contributed by atoms with E-state index in [0.717, 1.165) is 44.1 Å². The lowest BCUT2D eigenvalue weighted by molar-refractivity contribution is 0.0320. The first kappa shape index (κ1) is 14.8. The molecule has 0 unspecified atom stereocenters. The highest BCUT2D eigenvalue weighted by atomic mass is 16.5. The van der Waals surface area contributed by atoms with Crippen LogP contribution >= 0.6 is 0 Å². The van der Waals surface area contributed by atoms with Crippen LogP contribution in [0.1, 0.15) is 0 Å². The lowest BCUT2D eigenvalue weighted by Crippen LogP contribution is -2.38. The fourth-order valence-electron chi connectivity index (χ4n) is 2.50. The molecule has 0 radical (unpaired) electrons. The number of aryl methyl sites for hydroxylation is 1. The molecule has 2 aromatic rings. The van der Waals surface area contributed by atoms with Crippen LogP contribution in [-0.2, 0) is 11.8 Å². The molecular weight excluding hydrogens is 282 g/mol. The van der Waals surface area contributed by atoms with Gasteiger partial charge in [0.2, 0.25) is 5.88 Å². The van der Waals surface area contributed by atoms with Gasteiger partial charge in [-0.2, -0.15) is 5.10 Å². The van der Waals surface area contributed by atoms with Crippen molar-refractivity contribution in [1.29, 1.82) is 0 Å². The third-order valence-corrected chi connectivity index (χ3v) is 3.72. The zero-order valence-electron chi connectivity index (χ0n) is 12.7. The zero-order chi connectivity index (χ0) is 15.4. The van der Waals surface area contributed by atoms with Crippen molar-refractivity contribution in [2.45, 2.75) is 0 Å². The van der Waals surface area contributed by atoms with Crippen LogP contribution in [0.4, 0.5) is 5.69 Å². The van der Waals surface area contributed by atoms with Gasteiger partial charge in [0.1, 0.15) is 6.61 Å². The molecule has 1 saturated heterocycles. The molecule has 2 N–H and O–H groups in total. The van der Waals surface area contributed by atoms with E-state index < -0.39 is 0 Å². The smallest absolute Gasteiger partial charge is 0.223 e. The summed E-state index contributed by atoms with van der Waals surface area (Å²) >= 11 is 0. The maximum atomic E-state index is 5.88. The predicted molar refractivity (Wildman–Crippen MR) is 83.6 cm³/mol. The number of nitrogens with zero attached hydrogens (tertiary/aromatic N) is 4. The normalized spacial score (nSPS) is 15.9. The lowest BCUT2D eigenvalue weighted by Gasteiger charge is -2.26. The minimum absolute atomic E-state index is 0.585. The van der Waals surface area contributed by atoms with Crippen LogP contribution in [0.5, 0.6) is 5.88 Å². The second kappa shape index (κ2) is 6.76. The average Bonchev–Trinajstić information content (AvgIpc) is 2.96. The van der Waals surface area contributed by atoms with Crippen molar-refractivity contribution in [2.24, 2.45) is 7.05 Å². The first-order valence-electron chi connectivity index (χ1n) is 7.41. The molecular formula is C15H21N5O2. The van der Waals surface area contributed by atoms with Gasteiger partial charge in [0.15, 0.2) is 0 Å². The van der Waals surface area contributed by atoms with E-state index in [1.807, 2.05) is 19.2 Å². The molecule has 0 aromatic carbocycles. The first-order chi connectivity index (χ1) is 10.7. The van der Waals surface area contributed by atoms with E-state index in [1.165, 1.54) is 0 Å². The van der Waals surface area contributed by atoms with Crippen molar-refractivity contribution in [3.63, 3.8) is 0 Å². The van der Waals surface area contributed by atoms with Crippen molar-refractivity contribution in [1.82, 2.24) is 19.7 Å². The van der Waals surface area contributed by atoms with Gasteiger partial charge in [0, 0.05) is 32.9 Å². The molecule has 1 aliphatic heterocycles. The highest BCUT2D eigenvalue weighted by molar-refractivity contribution is 5.68. The third kappa shape index (κ3) is 3.37. The van der Waals surface area contributed by atoms with E-state index in [2.05, 4.69) is 15.0 Å². The molecule has 0 bridgehead atoms. The number of aromatic nitrogens is 3. The van der Waals surface area contributed by atoms with Gasteiger partial charge in [0.25, 0.3) is 0 Å². The average molecular weight is 303 g/mol. The quantitative estimate of drug-likeness (QED) is 0.879. The molecule has 3 rings (SSSR count). The van der Waals surface area contributed by atoms with Gasteiger partial charge in [-0.15, -0.1) is 0 Å². The Balaban J connectivity index is 1.69. The van der Waals surface area contributed by atoms with Gasteiger partial charge in [0.05, 0.1) is 36.4 Å². The molecule has 0 saturated carbocycles. The van der Waals surface area contributed by atoms with Gasteiger partial charge in [-0.3, -0.25) is 9.58 Å². The van der Waals surface area contributed by atoms with Crippen molar-refractivity contribution in [3.05, 3.63) is 24.5 Å². The summed E-state index contributed by atoms with van der Waals surface area (Å²) in [7, 11) is 1.88. The molecule has 1 aliphatic rings. The number of ether oxygens (including phenoxy) is 2. The van der Waals surface area contributed by atoms with Crippen LogP contribution in [0.25, 0.3) is 11.3 Å². The summed E-state index contributed by atoms with van der Waals surface area (Å²) in [6.07, 6.45) is 3.36. The third-order valence-electron chi connectivity index (χ3n) is 3.72. The molecule has 7 nitrogen and oxygen atoms in total. The number of morpholine rings is 1. The SMILES string of the molecule is Cn1nccc1-c1cc(N)cnc1OCCN1CCOCC1. The van der Waals surface area contributed by atoms with Crippen LogP contribution in [0.2, 0.25) is 0 Å². The molecule has 1 fully saturated rings. The highest BCUT2D eigenvalue weighted by Gasteiger charge is 2.14. The van der Waals surface area contributed by atoms with Gasteiger partial charge < -0.3 is 15.2 Å². The Morgan fingerprint density at radius 2 is 2.18 bits per heavy atom. The maximum Gasteiger partial charge on any atom is 0.223 e. The van der Waals surface area contributed by atoms with Crippen molar-refractivity contribution >= 4 is 5.69 Å². The van der Waals surface area contributed by atoms with Crippen LogP contribution in [-0.4, -0.2) is 59.1 Å². The monoisotopic (exact) mass is 303 g/mol. The molecule has 22 heavy (non-hydrogen) atoms. The molecule has 118 valence electrons. The Bertz CT molecular complexity index is 622. The van der Waals surface area contributed by atoms with E-state index in [9.17, 15) is 0 Å². The topological polar surface area (TPSA) is 78.4 Å². The molecule has 0 amide bonds. The second-order valence-electron chi connectivity index (χ2n) is 5.26. The highest BCUT2D eigenvalue weighted by Crippen LogP contribution is 2.29. The van der Waals surface area contributed by atoms with Gasteiger partial charge in [-0.1, -0.05) is 0 Å². The van der Waals surface area contributed by atoms with Gasteiger partial charge in [-0.05, 0) is 12.1 Å². The van der Waals surface area contributed by atoms with Crippen LogP contribution < -0.4 is 10.5 Å². The minimum Gasteiger partial charge on any atom is -0.476 e. The van der Waals surface area contributed by atoms with Crippen LogP contribution in [0.3, 0.4) is 0 Å². The maximum absolute atomic E-state index is 5.88. The number of nitrogen functional groups attached to an aromatic ring is 1. The molecule has 3 heterocycles. The molecule has 0 spiro atoms. The fourth-order valence-corrected chi connectivity index (χ4v) is 2.50. The largest absolute Gasteiger partial charge is 0.476 e. The summed E-state index contributed by atoms with van der Waals surface area (Å²) in [6.45, 7) is 4.93. The summed E-state index contributed by atoms with van der Waals surface area (Å²) < 4.78 is 13.0.